The second-order valence-corrected chi connectivity index (χ2v) is 13.8. The van der Waals surface area contributed by atoms with Crippen molar-refractivity contribution < 1.29 is 24.2 Å². The van der Waals surface area contributed by atoms with Crippen molar-refractivity contribution in [2.24, 2.45) is 11.8 Å². The number of carbonyl (C=O) groups is 3. The molecule has 2 aromatic carbocycles. The minimum Gasteiger partial charge on any atom is -0.497 e. The van der Waals surface area contributed by atoms with E-state index < -0.39 is 22.6 Å². The zero-order valence-corrected chi connectivity index (χ0v) is 27.0. The first kappa shape index (κ1) is 32.8. The van der Waals surface area contributed by atoms with Crippen molar-refractivity contribution in [3.63, 3.8) is 0 Å². The van der Waals surface area contributed by atoms with Crippen LogP contribution in [-0.2, 0) is 20.9 Å². The number of hydrogen-bond acceptors (Lipinski definition) is 6. The molecule has 3 amide bonds. The van der Waals surface area contributed by atoms with Crippen LogP contribution in [0.4, 0.5) is 5.69 Å². The van der Waals surface area contributed by atoms with Gasteiger partial charge in [-0.05, 0) is 55.5 Å². The van der Waals surface area contributed by atoms with E-state index in [4.69, 9.17) is 4.74 Å². The number of aliphatic hydroxyl groups is 1. The third kappa shape index (κ3) is 6.42. The molecule has 0 aliphatic carbocycles. The van der Waals surface area contributed by atoms with Gasteiger partial charge in [-0.25, -0.2) is 0 Å². The Bertz CT molecular complexity index is 1370. The molecular weight excluding hydrogens is 586 g/mol. The molecule has 3 saturated heterocycles. The number of amides is 3. The maximum atomic E-state index is 14.8. The Labute approximate surface area is 271 Å². The zero-order valence-electron chi connectivity index (χ0n) is 26.2. The van der Waals surface area contributed by atoms with Crippen LogP contribution in [0.5, 0.6) is 5.75 Å². The number of benzene rings is 2. The van der Waals surface area contributed by atoms with Crippen LogP contribution in [0.2, 0.25) is 0 Å². The van der Waals surface area contributed by atoms with Crippen LogP contribution >= 0.6 is 11.8 Å². The highest BCUT2D eigenvalue weighted by molar-refractivity contribution is 8.02. The molecule has 3 fully saturated rings. The molecule has 1 N–H and O–H groups in total. The van der Waals surface area contributed by atoms with E-state index in [1.807, 2.05) is 59.5 Å². The van der Waals surface area contributed by atoms with Crippen LogP contribution in [0.15, 0.2) is 79.9 Å². The molecule has 0 aromatic heterocycles. The molecule has 2 bridgehead atoms. The minimum atomic E-state index is -0.690. The van der Waals surface area contributed by atoms with Crippen LogP contribution < -0.4 is 9.64 Å². The Balaban J connectivity index is 1.49. The summed E-state index contributed by atoms with van der Waals surface area (Å²) in [5.74, 6) is -0.636. The fraction of sp³-hybridized carbons (Fsp3) is 0.472. The molecule has 0 saturated carbocycles. The highest BCUT2D eigenvalue weighted by atomic mass is 32.2. The molecule has 8 nitrogen and oxygen atoms in total. The molecule has 2 aromatic rings. The number of hydrogen-bond donors (Lipinski definition) is 1. The lowest BCUT2D eigenvalue weighted by molar-refractivity contribution is -0.144. The summed E-state index contributed by atoms with van der Waals surface area (Å²) in [5, 5.41) is 9.23. The molecule has 9 heteroatoms. The van der Waals surface area contributed by atoms with Gasteiger partial charge in [0.25, 0.3) is 5.91 Å². The Morgan fingerprint density at radius 3 is 2.40 bits per heavy atom. The average molecular weight is 632 g/mol. The molecule has 5 rings (SSSR count). The van der Waals surface area contributed by atoms with E-state index in [9.17, 15) is 19.5 Å². The summed E-state index contributed by atoms with van der Waals surface area (Å²) in [6.07, 6.45) is 8.08. The standard InChI is InChI=1S/C36H45N3O5S/c1-4-21-37(25-26-13-9-8-10-14-26)33(41)30-29-19-20-36(45-29)31(30)34(42)39(23-11-6-7-12-24-40)32(36)35(43)38(22-5-2)27-15-17-28(44-3)18-16-27/h4-5,8-10,13-18,29-32,40H,1-2,6-7,11-12,19-25H2,3H3/t29-,30+,31-,32?,36?/m0/s1. The van der Waals surface area contributed by atoms with Gasteiger partial charge >= 0.3 is 0 Å². The van der Waals surface area contributed by atoms with Crippen molar-refractivity contribution in [3.8, 4) is 5.75 Å². The lowest BCUT2D eigenvalue weighted by Gasteiger charge is -2.37. The quantitative estimate of drug-likeness (QED) is 0.206. The average Bonchev–Trinajstić information content (AvgIpc) is 3.70. The van der Waals surface area contributed by atoms with E-state index in [0.717, 1.165) is 31.2 Å². The van der Waals surface area contributed by atoms with Crippen molar-refractivity contribution in [3.05, 3.63) is 85.5 Å². The summed E-state index contributed by atoms with van der Waals surface area (Å²) in [4.78, 5) is 49.0. The fourth-order valence-corrected chi connectivity index (χ4v) is 9.67. The van der Waals surface area contributed by atoms with Gasteiger partial charge in [-0.2, -0.15) is 0 Å². The van der Waals surface area contributed by atoms with Crippen LogP contribution in [0.3, 0.4) is 0 Å². The van der Waals surface area contributed by atoms with E-state index in [2.05, 4.69) is 13.2 Å². The molecule has 45 heavy (non-hydrogen) atoms. The molecule has 1 spiro atoms. The number of carbonyl (C=O) groups excluding carboxylic acids is 3. The Morgan fingerprint density at radius 1 is 1.02 bits per heavy atom. The number of unbranched alkanes of at least 4 members (excludes halogenated alkanes) is 3. The first-order chi connectivity index (χ1) is 21.9. The molecular formula is C36H45N3O5S. The lowest BCUT2D eigenvalue weighted by Crippen LogP contribution is -2.55. The summed E-state index contributed by atoms with van der Waals surface area (Å²) >= 11 is 1.69. The number of rotatable bonds is 16. The molecule has 3 aliphatic heterocycles. The van der Waals surface area contributed by atoms with Crippen molar-refractivity contribution in [2.75, 3.05) is 38.3 Å². The van der Waals surface area contributed by atoms with E-state index >= 15 is 0 Å². The van der Waals surface area contributed by atoms with Crippen molar-refractivity contribution in [1.29, 1.82) is 0 Å². The Kier molecular flexibility index (Phi) is 10.7. The maximum absolute atomic E-state index is 14.8. The van der Waals surface area contributed by atoms with Crippen LogP contribution in [-0.4, -0.2) is 82.0 Å². The Morgan fingerprint density at radius 2 is 1.73 bits per heavy atom. The molecule has 0 radical (unpaired) electrons. The lowest BCUT2D eigenvalue weighted by atomic mass is 9.70. The zero-order chi connectivity index (χ0) is 32.0. The number of likely N-dealkylation sites (tertiary alicyclic amines) is 1. The predicted octanol–water partition coefficient (Wildman–Crippen LogP) is 5.07. The van der Waals surface area contributed by atoms with Gasteiger partial charge in [-0.3, -0.25) is 14.4 Å². The predicted molar refractivity (Wildman–Crippen MR) is 179 cm³/mol. The summed E-state index contributed by atoms with van der Waals surface area (Å²) in [7, 11) is 1.60. The van der Waals surface area contributed by atoms with Gasteiger partial charge in [0.1, 0.15) is 11.8 Å². The fourth-order valence-electron chi connectivity index (χ4n) is 7.47. The second-order valence-electron chi connectivity index (χ2n) is 12.2. The van der Waals surface area contributed by atoms with Gasteiger partial charge in [0, 0.05) is 43.7 Å². The third-order valence-electron chi connectivity index (χ3n) is 9.47. The molecule has 240 valence electrons. The molecule has 3 aliphatic rings. The van der Waals surface area contributed by atoms with Gasteiger partial charge < -0.3 is 24.5 Å². The van der Waals surface area contributed by atoms with E-state index in [0.29, 0.717) is 50.5 Å². The van der Waals surface area contributed by atoms with Crippen molar-refractivity contribution in [1.82, 2.24) is 9.80 Å². The molecule has 3 heterocycles. The number of ether oxygens (including phenoxy) is 1. The summed E-state index contributed by atoms with van der Waals surface area (Å²) in [5.41, 5.74) is 1.73. The monoisotopic (exact) mass is 631 g/mol. The minimum absolute atomic E-state index is 0.0228. The SMILES string of the molecule is C=CCN(Cc1ccccc1)C(=O)[C@@H]1[C@@H]2CCC3(S2)C(C(=O)N(CC=C)c2ccc(OC)cc2)N(CCCCCCO)C(=O)[C@H]13. The third-order valence-corrected chi connectivity index (χ3v) is 11.4. The Hall–Kier alpha value is -3.56. The summed E-state index contributed by atoms with van der Waals surface area (Å²) in [6.45, 7) is 9.52. The molecule has 2 unspecified atom stereocenters. The first-order valence-electron chi connectivity index (χ1n) is 16.0. The van der Waals surface area contributed by atoms with Crippen LogP contribution in [0.1, 0.15) is 44.1 Å². The first-order valence-corrected chi connectivity index (χ1v) is 16.9. The summed E-state index contributed by atoms with van der Waals surface area (Å²) in [6, 6.07) is 16.5. The van der Waals surface area contributed by atoms with Gasteiger partial charge in [0.05, 0.1) is 23.7 Å². The number of aliphatic hydroxyl groups excluding tert-OH is 1. The molecule has 5 atom stereocenters. The van der Waals surface area contributed by atoms with Gasteiger partial charge in [0.2, 0.25) is 11.8 Å². The highest BCUT2D eigenvalue weighted by Crippen LogP contribution is 2.66. The second kappa shape index (κ2) is 14.7. The van der Waals surface area contributed by atoms with E-state index in [1.54, 1.807) is 40.8 Å². The number of anilines is 1. The van der Waals surface area contributed by atoms with Crippen molar-refractivity contribution >= 4 is 35.2 Å². The van der Waals surface area contributed by atoms with Gasteiger partial charge in [-0.1, -0.05) is 55.3 Å². The smallest absolute Gasteiger partial charge is 0.251 e. The van der Waals surface area contributed by atoms with E-state index in [-0.39, 0.29) is 29.6 Å². The largest absolute Gasteiger partial charge is 0.497 e. The number of nitrogens with zero attached hydrogens (tertiary/aromatic N) is 3. The van der Waals surface area contributed by atoms with Crippen LogP contribution in [0.25, 0.3) is 0 Å². The number of methoxy groups -OCH3 is 1. The summed E-state index contributed by atoms with van der Waals surface area (Å²) < 4.78 is 4.66. The van der Waals surface area contributed by atoms with Crippen LogP contribution in [0, 0.1) is 11.8 Å². The maximum Gasteiger partial charge on any atom is 0.251 e. The normalized spacial score (nSPS) is 24.8. The van der Waals surface area contributed by atoms with Gasteiger partial charge in [-0.15, -0.1) is 24.9 Å². The number of fused-ring (bicyclic) bond motifs is 1. The number of thioether (sulfide) groups is 1. The van der Waals surface area contributed by atoms with E-state index in [1.165, 1.54) is 0 Å². The highest BCUT2D eigenvalue weighted by Gasteiger charge is 2.74. The topological polar surface area (TPSA) is 90.4 Å². The van der Waals surface area contributed by atoms with Gasteiger partial charge in [0.15, 0.2) is 0 Å². The van der Waals surface area contributed by atoms with Crippen molar-refractivity contribution in [2.45, 2.75) is 61.1 Å².